The zero-order valence-corrected chi connectivity index (χ0v) is 7.78. The molecule has 1 fully saturated rings. The Balaban J connectivity index is 2.20. The van der Waals surface area contributed by atoms with Gasteiger partial charge in [0.05, 0.1) is 6.10 Å². The van der Waals surface area contributed by atoms with E-state index in [1.54, 1.807) is 12.1 Å². The van der Waals surface area contributed by atoms with Crippen LogP contribution in [0.4, 0.5) is 10.1 Å². The SMILES string of the molecule is [B]c1ccc(N2CC[C@H](O)C2)cc1F. The lowest BCUT2D eigenvalue weighted by atomic mass is 9.95. The molecule has 0 aromatic heterocycles. The summed E-state index contributed by atoms with van der Waals surface area (Å²) < 4.78 is 13.1. The summed E-state index contributed by atoms with van der Waals surface area (Å²) in [7, 11) is 5.37. The van der Waals surface area contributed by atoms with Crippen LogP contribution in [-0.4, -0.2) is 32.1 Å². The van der Waals surface area contributed by atoms with E-state index in [0.29, 0.717) is 6.54 Å². The van der Waals surface area contributed by atoms with Gasteiger partial charge in [0.1, 0.15) is 13.7 Å². The number of aliphatic hydroxyl groups is 1. The molecule has 0 amide bonds. The molecule has 1 aliphatic rings. The third kappa shape index (κ3) is 1.75. The second kappa shape index (κ2) is 3.61. The van der Waals surface area contributed by atoms with Gasteiger partial charge < -0.3 is 10.0 Å². The number of halogens is 1. The topological polar surface area (TPSA) is 23.5 Å². The van der Waals surface area contributed by atoms with E-state index in [0.717, 1.165) is 18.7 Å². The molecule has 1 aromatic carbocycles. The van der Waals surface area contributed by atoms with Crippen molar-refractivity contribution in [3.63, 3.8) is 0 Å². The number of nitrogens with zero attached hydrogens (tertiary/aromatic N) is 1. The van der Waals surface area contributed by atoms with Gasteiger partial charge in [-0.25, -0.2) is 4.39 Å². The van der Waals surface area contributed by atoms with E-state index < -0.39 is 5.82 Å². The summed E-state index contributed by atoms with van der Waals surface area (Å²) in [5.74, 6) is -0.399. The van der Waals surface area contributed by atoms with E-state index in [-0.39, 0.29) is 11.6 Å². The highest BCUT2D eigenvalue weighted by Crippen LogP contribution is 2.19. The van der Waals surface area contributed by atoms with E-state index in [1.165, 1.54) is 6.07 Å². The lowest BCUT2D eigenvalue weighted by Crippen LogP contribution is -2.22. The van der Waals surface area contributed by atoms with Crippen LogP contribution in [0.15, 0.2) is 18.2 Å². The molecule has 0 unspecified atom stereocenters. The van der Waals surface area contributed by atoms with E-state index in [9.17, 15) is 9.50 Å². The maximum atomic E-state index is 13.1. The number of benzene rings is 1. The van der Waals surface area contributed by atoms with Crippen LogP contribution in [0.5, 0.6) is 0 Å². The standard InChI is InChI=1S/C10H11BFNO/c11-9-2-1-7(5-10(9)12)13-4-3-8(14)6-13/h1-2,5,8,14H,3-4,6H2/t8-/m0/s1. The van der Waals surface area contributed by atoms with Gasteiger partial charge in [0.25, 0.3) is 0 Å². The van der Waals surface area contributed by atoms with Crippen molar-refractivity contribution in [3.8, 4) is 0 Å². The smallest absolute Gasteiger partial charge is 0.118 e. The number of β-amino-alcohol motifs (C(OH)–C–C–N with tert-alkyl or cyclic N) is 1. The molecule has 1 heterocycles. The van der Waals surface area contributed by atoms with Gasteiger partial charge in [-0.1, -0.05) is 11.5 Å². The average Bonchev–Trinajstić information content (AvgIpc) is 2.57. The Labute approximate surface area is 83.8 Å². The molecule has 1 aromatic rings. The van der Waals surface area contributed by atoms with Crippen molar-refractivity contribution in [2.75, 3.05) is 18.0 Å². The van der Waals surface area contributed by atoms with Gasteiger partial charge in [0, 0.05) is 18.8 Å². The van der Waals surface area contributed by atoms with E-state index >= 15 is 0 Å². The first-order valence-corrected chi connectivity index (χ1v) is 4.65. The first-order valence-electron chi connectivity index (χ1n) is 4.65. The molecule has 0 spiro atoms. The van der Waals surface area contributed by atoms with Gasteiger partial charge in [0.15, 0.2) is 0 Å². The molecule has 14 heavy (non-hydrogen) atoms. The summed E-state index contributed by atoms with van der Waals surface area (Å²) >= 11 is 0. The molecule has 72 valence electrons. The first-order chi connectivity index (χ1) is 6.66. The lowest BCUT2D eigenvalue weighted by Gasteiger charge is -2.18. The molecular weight excluding hydrogens is 180 g/mol. The Morgan fingerprint density at radius 1 is 1.50 bits per heavy atom. The van der Waals surface area contributed by atoms with Crippen LogP contribution in [0.25, 0.3) is 0 Å². The number of hydrogen-bond acceptors (Lipinski definition) is 2. The molecule has 0 aliphatic carbocycles. The van der Waals surface area contributed by atoms with Crippen molar-refractivity contribution >= 4 is 19.0 Å². The zero-order chi connectivity index (χ0) is 10.1. The number of hydrogen-bond donors (Lipinski definition) is 1. The van der Waals surface area contributed by atoms with Crippen LogP contribution in [0, 0.1) is 5.82 Å². The van der Waals surface area contributed by atoms with Gasteiger partial charge in [0.2, 0.25) is 0 Å². The van der Waals surface area contributed by atoms with E-state index in [4.69, 9.17) is 7.85 Å². The van der Waals surface area contributed by atoms with Crippen molar-refractivity contribution in [2.45, 2.75) is 12.5 Å². The lowest BCUT2D eigenvalue weighted by molar-refractivity contribution is 0.198. The van der Waals surface area contributed by atoms with Gasteiger partial charge in [-0.3, -0.25) is 0 Å². The minimum absolute atomic E-state index is 0.161. The second-order valence-corrected chi connectivity index (χ2v) is 3.59. The summed E-state index contributed by atoms with van der Waals surface area (Å²) in [5.41, 5.74) is 0.946. The highest BCUT2D eigenvalue weighted by Gasteiger charge is 2.20. The maximum absolute atomic E-state index is 13.1. The molecular formula is C10H11BFNO. The third-order valence-corrected chi connectivity index (χ3v) is 2.51. The summed E-state index contributed by atoms with van der Waals surface area (Å²) in [6, 6.07) is 4.74. The van der Waals surface area contributed by atoms with Crippen LogP contribution in [0.2, 0.25) is 0 Å². The van der Waals surface area contributed by atoms with Gasteiger partial charge >= 0.3 is 0 Å². The highest BCUT2D eigenvalue weighted by molar-refractivity contribution is 6.32. The predicted octanol–water partition coefficient (Wildman–Crippen LogP) is 0.191. The molecule has 2 nitrogen and oxygen atoms in total. The van der Waals surface area contributed by atoms with Crippen molar-refractivity contribution in [1.82, 2.24) is 0 Å². The Morgan fingerprint density at radius 3 is 2.86 bits per heavy atom. The van der Waals surface area contributed by atoms with Crippen LogP contribution in [-0.2, 0) is 0 Å². The number of rotatable bonds is 1. The summed E-state index contributed by atoms with van der Waals surface area (Å²) in [6.07, 6.45) is 0.446. The molecule has 2 radical (unpaired) electrons. The van der Waals surface area contributed by atoms with Gasteiger partial charge in [-0.2, -0.15) is 0 Å². The highest BCUT2D eigenvalue weighted by atomic mass is 19.1. The minimum Gasteiger partial charge on any atom is -0.391 e. The van der Waals surface area contributed by atoms with Crippen molar-refractivity contribution < 1.29 is 9.50 Å². The van der Waals surface area contributed by atoms with Crippen LogP contribution < -0.4 is 10.4 Å². The largest absolute Gasteiger partial charge is 0.391 e. The molecule has 1 saturated heterocycles. The zero-order valence-electron chi connectivity index (χ0n) is 7.78. The Kier molecular flexibility index (Phi) is 2.46. The molecule has 1 N–H and O–H groups in total. The molecule has 2 rings (SSSR count). The molecule has 0 saturated carbocycles. The Hall–Kier alpha value is -1.03. The fraction of sp³-hybridized carbons (Fsp3) is 0.400. The number of anilines is 1. The Bertz CT molecular complexity index is 345. The van der Waals surface area contributed by atoms with Crippen LogP contribution >= 0.6 is 0 Å². The van der Waals surface area contributed by atoms with Crippen LogP contribution in [0.3, 0.4) is 0 Å². The van der Waals surface area contributed by atoms with E-state index in [1.807, 2.05) is 4.90 Å². The van der Waals surface area contributed by atoms with Crippen molar-refractivity contribution in [1.29, 1.82) is 0 Å². The normalized spacial score (nSPS) is 21.6. The molecule has 1 aliphatic heterocycles. The summed E-state index contributed by atoms with van der Waals surface area (Å²) in [6.45, 7) is 1.34. The van der Waals surface area contributed by atoms with Crippen molar-refractivity contribution in [2.24, 2.45) is 0 Å². The fourth-order valence-electron chi connectivity index (χ4n) is 1.69. The van der Waals surface area contributed by atoms with Gasteiger partial charge in [-0.15, -0.1) is 0 Å². The predicted molar refractivity (Wildman–Crippen MR) is 54.6 cm³/mol. The van der Waals surface area contributed by atoms with Gasteiger partial charge in [-0.05, 0) is 18.6 Å². The molecule has 0 bridgehead atoms. The van der Waals surface area contributed by atoms with E-state index in [2.05, 4.69) is 0 Å². The second-order valence-electron chi connectivity index (χ2n) is 3.59. The summed E-state index contributed by atoms with van der Waals surface area (Å²) in [4.78, 5) is 1.95. The first kappa shape index (κ1) is 9.53. The Morgan fingerprint density at radius 2 is 2.29 bits per heavy atom. The molecule has 1 atom stereocenters. The average molecular weight is 191 g/mol. The maximum Gasteiger partial charge on any atom is 0.118 e. The van der Waals surface area contributed by atoms with Crippen molar-refractivity contribution in [3.05, 3.63) is 24.0 Å². The monoisotopic (exact) mass is 191 g/mol. The quantitative estimate of drug-likeness (QED) is 0.640. The van der Waals surface area contributed by atoms with Crippen LogP contribution in [0.1, 0.15) is 6.42 Å². The fourth-order valence-corrected chi connectivity index (χ4v) is 1.69. The number of aliphatic hydroxyl groups excluding tert-OH is 1. The summed E-state index contributed by atoms with van der Waals surface area (Å²) in [5, 5.41) is 9.32. The molecule has 4 heteroatoms. The third-order valence-electron chi connectivity index (χ3n) is 2.51. The minimum atomic E-state index is -0.399.